The number of nitrogens with zero attached hydrogens (tertiary/aromatic N) is 1. The molecule has 0 heterocycles. The number of carbonyl (C=O) groups is 1. The molecule has 0 aliphatic carbocycles. The van der Waals surface area contributed by atoms with E-state index in [0.29, 0.717) is 6.54 Å². The van der Waals surface area contributed by atoms with Crippen LogP contribution in [0.1, 0.15) is 73.8 Å². The van der Waals surface area contributed by atoms with Gasteiger partial charge in [0, 0.05) is 12.1 Å². The van der Waals surface area contributed by atoms with E-state index in [1.54, 1.807) is 6.07 Å². The zero-order chi connectivity index (χ0) is 25.5. The molecule has 0 fully saturated rings. The van der Waals surface area contributed by atoms with E-state index in [2.05, 4.69) is 0 Å². The quantitative estimate of drug-likeness (QED) is 0.565. The first-order chi connectivity index (χ1) is 15.2. The molecule has 0 aliphatic rings. The third-order valence-electron chi connectivity index (χ3n) is 4.90. The molecule has 33 heavy (non-hydrogen) atoms. The first-order valence-corrected chi connectivity index (χ1v) is 11.8. The Hall–Kier alpha value is -2.23. The molecule has 9 heteroatoms. The van der Waals surface area contributed by atoms with Crippen LogP contribution in [0.2, 0.25) is 0 Å². The second-order valence-corrected chi connectivity index (χ2v) is 9.77. The van der Waals surface area contributed by atoms with Gasteiger partial charge in [-0.15, -0.1) is 0 Å². The summed E-state index contributed by atoms with van der Waals surface area (Å²) in [6.07, 6.45) is -2.40. The molecule has 0 radical (unpaired) electrons. The Kier molecular flexibility index (Phi) is 11.2. The Morgan fingerprint density at radius 2 is 1.55 bits per heavy atom. The molecule has 1 unspecified atom stereocenters. The van der Waals surface area contributed by atoms with E-state index in [1.165, 1.54) is 24.3 Å². The number of alkyl halides is 2. The van der Waals surface area contributed by atoms with Crippen LogP contribution in [-0.2, 0) is 28.7 Å². The van der Waals surface area contributed by atoms with E-state index in [-0.39, 0.29) is 28.7 Å². The maximum atomic E-state index is 13.3. The lowest BCUT2D eigenvalue weighted by molar-refractivity contribution is -0.117. The number of amides is 1. The number of nitrogens with two attached hydrogens (primary N) is 2. The molecule has 5 nitrogen and oxygen atoms in total. The number of carbonyl (C=O) groups excluding carboxylic acids is 1. The van der Waals surface area contributed by atoms with E-state index in [4.69, 9.17) is 10.9 Å². The van der Waals surface area contributed by atoms with Gasteiger partial charge in [-0.1, -0.05) is 33.8 Å². The molecule has 0 aliphatic heterocycles. The monoisotopic (exact) mass is 485 g/mol. The van der Waals surface area contributed by atoms with Crippen molar-refractivity contribution in [1.29, 1.82) is 0 Å². The third-order valence-corrected chi connectivity index (χ3v) is 5.66. The van der Waals surface area contributed by atoms with Gasteiger partial charge in [0.1, 0.15) is 16.8 Å². The van der Waals surface area contributed by atoms with Gasteiger partial charge >= 0.3 is 0 Å². The number of primary amides is 1. The van der Waals surface area contributed by atoms with E-state index in [0.717, 1.165) is 22.3 Å². The van der Waals surface area contributed by atoms with Crippen molar-refractivity contribution in [3.05, 3.63) is 64.0 Å². The molecule has 0 bridgehead atoms. The van der Waals surface area contributed by atoms with E-state index in [9.17, 15) is 22.2 Å². The van der Waals surface area contributed by atoms with Crippen LogP contribution in [0.25, 0.3) is 0 Å². The van der Waals surface area contributed by atoms with Crippen molar-refractivity contribution in [3.8, 4) is 0 Å². The molecular formula is C24H34F3N3O2S. The highest BCUT2D eigenvalue weighted by Gasteiger charge is 2.20. The fourth-order valence-corrected chi connectivity index (χ4v) is 3.90. The summed E-state index contributed by atoms with van der Waals surface area (Å²) in [5, 5.41) is 5.09. The summed E-state index contributed by atoms with van der Waals surface area (Å²) in [5.41, 5.74) is 8.51. The van der Waals surface area contributed by atoms with Crippen molar-refractivity contribution >= 4 is 16.9 Å². The Bertz CT molecular complexity index is 950. The largest absolute Gasteiger partial charge is 0.369 e. The molecule has 2 rings (SSSR count). The van der Waals surface area contributed by atoms with Crippen LogP contribution < -0.4 is 10.9 Å². The fourth-order valence-electron chi connectivity index (χ4n) is 3.45. The minimum absolute atomic E-state index is 0.0145. The smallest absolute Gasteiger partial charge is 0.263 e. The standard InChI is InChI=1S/C15H21F2NO.C9H13FN2OS/c1-8(2)11-5-10(15(16)17)6-12(9(3)4)13(11)7-14(18)19;1-12(2)6-7-3-4-9(14(11)13)8(10)5-7/h5-6,8-9,15H,7H2,1-4H3,(H2,18,19);3-5H,6,11H2,1-2H3. The summed E-state index contributed by atoms with van der Waals surface area (Å²) in [4.78, 5) is 13.2. The summed E-state index contributed by atoms with van der Waals surface area (Å²) >= 11 is 0. The van der Waals surface area contributed by atoms with Crippen LogP contribution in [0.5, 0.6) is 0 Å². The molecule has 0 aromatic heterocycles. The summed E-state index contributed by atoms with van der Waals surface area (Å²) in [5.74, 6) is -0.796. The minimum atomic E-state index is -2.50. The lowest BCUT2D eigenvalue weighted by Crippen LogP contribution is -2.17. The minimum Gasteiger partial charge on any atom is -0.369 e. The molecule has 2 aromatic rings. The Balaban J connectivity index is 0.000000346. The number of benzene rings is 2. The van der Waals surface area contributed by atoms with Gasteiger partial charge in [-0.2, -0.15) is 0 Å². The van der Waals surface area contributed by atoms with Gasteiger partial charge in [-0.05, 0) is 72.5 Å². The van der Waals surface area contributed by atoms with Crippen molar-refractivity contribution in [2.24, 2.45) is 10.9 Å². The summed E-state index contributed by atoms with van der Waals surface area (Å²) in [7, 11) is 2.04. The highest BCUT2D eigenvalue weighted by atomic mass is 32.2. The fraction of sp³-hybridized carbons (Fsp3) is 0.458. The second kappa shape index (κ2) is 12.9. The molecule has 2 aromatic carbocycles. The summed E-state index contributed by atoms with van der Waals surface area (Å²) < 4.78 is 50.0. The number of halogens is 3. The zero-order valence-corrected chi connectivity index (χ0v) is 20.8. The Morgan fingerprint density at radius 1 is 1.03 bits per heavy atom. The second-order valence-electron chi connectivity index (χ2n) is 8.73. The van der Waals surface area contributed by atoms with Crippen molar-refractivity contribution in [2.75, 3.05) is 14.1 Å². The van der Waals surface area contributed by atoms with Crippen LogP contribution in [0.15, 0.2) is 35.2 Å². The van der Waals surface area contributed by atoms with Crippen LogP contribution in [0, 0.1) is 5.82 Å². The third kappa shape index (κ3) is 8.91. The van der Waals surface area contributed by atoms with Gasteiger partial charge in [0.25, 0.3) is 6.43 Å². The Labute approximate surface area is 196 Å². The number of rotatable bonds is 8. The lowest BCUT2D eigenvalue weighted by atomic mass is 9.85. The van der Waals surface area contributed by atoms with Gasteiger partial charge in [-0.25, -0.2) is 22.5 Å². The highest BCUT2D eigenvalue weighted by molar-refractivity contribution is 7.82. The molecule has 0 saturated heterocycles. The molecular weight excluding hydrogens is 451 g/mol. The van der Waals surface area contributed by atoms with Crippen molar-refractivity contribution < 1.29 is 22.2 Å². The van der Waals surface area contributed by atoms with Gasteiger partial charge in [0.2, 0.25) is 5.91 Å². The van der Waals surface area contributed by atoms with Crippen LogP contribution in [-0.4, -0.2) is 29.1 Å². The zero-order valence-electron chi connectivity index (χ0n) is 20.0. The van der Waals surface area contributed by atoms with E-state index in [1.807, 2.05) is 46.7 Å². The molecule has 0 spiro atoms. The van der Waals surface area contributed by atoms with Crippen LogP contribution in [0.3, 0.4) is 0 Å². The maximum absolute atomic E-state index is 13.3. The van der Waals surface area contributed by atoms with Crippen LogP contribution >= 0.6 is 0 Å². The SMILES string of the molecule is CC(C)c1cc(C(F)F)cc(C(C)C)c1CC(N)=O.CN(C)Cc1ccc(S(N)=O)c(F)c1. The lowest BCUT2D eigenvalue weighted by Gasteiger charge is -2.20. The van der Waals surface area contributed by atoms with Crippen molar-refractivity contribution in [1.82, 2.24) is 4.90 Å². The van der Waals surface area contributed by atoms with Crippen molar-refractivity contribution in [2.45, 2.75) is 63.8 Å². The predicted molar refractivity (Wildman–Crippen MR) is 127 cm³/mol. The van der Waals surface area contributed by atoms with Gasteiger partial charge < -0.3 is 10.6 Å². The van der Waals surface area contributed by atoms with E-state index < -0.39 is 29.1 Å². The van der Waals surface area contributed by atoms with Gasteiger partial charge in [0.15, 0.2) is 0 Å². The summed E-state index contributed by atoms with van der Waals surface area (Å²) in [6.45, 7) is 8.37. The molecule has 0 saturated carbocycles. The molecule has 1 amide bonds. The van der Waals surface area contributed by atoms with Crippen molar-refractivity contribution in [3.63, 3.8) is 0 Å². The first kappa shape index (κ1) is 28.8. The van der Waals surface area contributed by atoms with Gasteiger partial charge in [-0.3, -0.25) is 4.79 Å². The first-order valence-electron chi connectivity index (χ1n) is 10.6. The maximum Gasteiger partial charge on any atom is 0.263 e. The number of hydrogen-bond acceptors (Lipinski definition) is 3. The van der Waals surface area contributed by atoms with E-state index >= 15 is 0 Å². The summed E-state index contributed by atoms with van der Waals surface area (Å²) in [6, 6.07) is 7.55. The predicted octanol–water partition coefficient (Wildman–Crippen LogP) is 4.77. The number of hydrogen-bond donors (Lipinski definition) is 2. The molecule has 4 N–H and O–H groups in total. The van der Waals surface area contributed by atoms with Crippen LogP contribution in [0.4, 0.5) is 13.2 Å². The van der Waals surface area contributed by atoms with Gasteiger partial charge in [0.05, 0.1) is 11.3 Å². The normalized spacial score (nSPS) is 12.3. The average Bonchev–Trinajstić information content (AvgIpc) is 2.66. The highest BCUT2D eigenvalue weighted by Crippen LogP contribution is 2.33. The molecule has 1 atom stereocenters. The Morgan fingerprint density at radius 3 is 1.88 bits per heavy atom. The average molecular weight is 486 g/mol. The topological polar surface area (TPSA) is 89.4 Å². The molecule has 184 valence electrons.